The molecule has 0 aliphatic carbocycles. The molecule has 0 saturated heterocycles. The number of pyridine rings is 1. The van der Waals surface area contributed by atoms with Gasteiger partial charge in [0, 0.05) is 24.5 Å². The van der Waals surface area contributed by atoms with Gasteiger partial charge in [-0.1, -0.05) is 11.6 Å². The number of methoxy groups -OCH3 is 1. The van der Waals surface area contributed by atoms with Crippen LogP contribution in [-0.2, 0) is 4.74 Å². The summed E-state index contributed by atoms with van der Waals surface area (Å²) >= 11 is 9.42. The van der Waals surface area contributed by atoms with Crippen LogP contribution in [0.5, 0.6) is 0 Å². The number of benzene rings is 1. The van der Waals surface area contributed by atoms with E-state index in [1.165, 1.54) is 18.1 Å². The average molecular weight is 423 g/mol. The first-order valence-corrected chi connectivity index (χ1v) is 8.38. The number of fused-ring (bicyclic) bond motifs is 1. The number of esters is 1. The first-order chi connectivity index (χ1) is 11.9. The molecule has 3 aromatic rings. The summed E-state index contributed by atoms with van der Waals surface area (Å²) in [5, 5.41) is 4.42. The predicted molar refractivity (Wildman–Crippen MR) is 98.4 cm³/mol. The largest absolute Gasteiger partial charge is 0.465 e. The molecule has 1 amide bonds. The van der Waals surface area contributed by atoms with E-state index in [0.717, 1.165) is 9.99 Å². The first-order valence-electron chi connectivity index (χ1n) is 7.21. The van der Waals surface area contributed by atoms with E-state index in [2.05, 4.69) is 21.0 Å². The summed E-state index contributed by atoms with van der Waals surface area (Å²) in [6.45, 7) is 0. The summed E-state index contributed by atoms with van der Waals surface area (Å²) in [5.41, 5.74) is 2.01. The number of nitrogens with zero attached hydrogens (tertiary/aromatic N) is 3. The Hall–Kier alpha value is -2.38. The summed E-state index contributed by atoms with van der Waals surface area (Å²) < 4.78 is 7.17. The summed E-state index contributed by atoms with van der Waals surface area (Å²) in [6.07, 6.45) is 3.37. The van der Waals surface area contributed by atoms with Gasteiger partial charge in [0.1, 0.15) is 0 Å². The van der Waals surface area contributed by atoms with E-state index in [-0.39, 0.29) is 16.5 Å². The third-order valence-electron chi connectivity index (χ3n) is 3.77. The lowest BCUT2D eigenvalue weighted by molar-refractivity contribution is 0.0600. The second-order valence-electron chi connectivity index (χ2n) is 5.26. The minimum Gasteiger partial charge on any atom is -0.465 e. The lowest BCUT2D eigenvalue weighted by Gasteiger charge is -2.18. The maximum Gasteiger partial charge on any atom is 0.339 e. The van der Waals surface area contributed by atoms with Gasteiger partial charge in [0.25, 0.3) is 5.91 Å². The fourth-order valence-electron chi connectivity index (χ4n) is 2.38. The Morgan fingerprint density at radius 1 is 1.28 bits per heavy atom. The number of hydrogen-bond acceptors (Lipinski definition) is 4. The second kappa shape index (κ2) is 6.85. The van der Waals surface area contributed by atoms with Crippen molar-refractivity contribution in [1.82, 2.24) is 9.61 Å². The highest BCUT2D eigenvalue weighted by molar-refractivity contribution is 9.10. The van der Waals surface area contributed by atoms with Crippen LogP contribution in [0.2, 0.25) is 5.02 Å². The van der Waals surface area contributed by atoms with Crippen LogP contribution in [0.1, 0.15) is 20.7 Å². The van der Waals surface area contributed by atoms with Crippen LogP contribution in [0.25, 0.3) is 5.52 Å². The van der Waals surface area contributed by atoms with Crippen LogP contribution >= 0.6 is 27.5 Å². The molecule has 0 atom stereocenters. The van der Waals surface area contributed by atoms with Crippen molar-refractivity contribution < 1.29 is 14.3 Å². The van der Waals surface area contributed by atoms with Crippen LogP contribution in [0.3, 0.4) is 0 Å². The molecule has 0 fully saturated rings. The Labute approximate surface area is 157 Å². The highest BCUT2D eigenvalue weighted by Gasteiger charge is 2.18. The monoisotopic (exact) mass is 421 g/mol. The summed E-state index contributed by atoms with van der Waals surface area (Å²) in [5.74, 6) is -0.786. The van der Waals surface area contributed by atoms with E-state index in [9.17, 15) is 9.59 Å². The van der Waals surface area contributed by atoms with Crippen molar-refractivity contribution in [1.29, 1.82) is 0 Å². The van der Waals surface area contributed by atoms with Crippen LogP contribution in [-0.4, -0.2) is 35.6 Å². The van der Waals surface area contributed by atoms with Crippen molar-refractivity contribution in [2.24, 2.45) is 0 Å². The maximum atomic E-state index is 12.8. The minimum atomic E-state index is -0.558. The minimum absolute atomic E-state index is 0.204. The number of aromatic nitrogens is 2. The molecule has 6 nitrogen and oxygen atoms in total. The number of carbonyl (C=O) groups excluding carboxylic acids is 2. The number of amides is 1. The molecule has 25 heavy (non-hydrogen) atoms. The highest BCUT2D eigenvalue weighted by Crippen LogP contribution is 2.25. The lowest BCUT2D eigenvalue weighted by Crippen LogP contribution is -2.26. The number of hydrogen-bond donors (Lipinski definition) is 0. The molecule has 0 aliphatic heterocycles. The lowest BCUT2D eigenvalue weighted by atomic mass is 10.1. The van der Waals surface area contributed by atoms with Gasteiger partial charge in [0.2, 0.25) is 0 Å². The molecule has 0 radical (unpaired) electrons. The number of ether oxygens (including phenoxy) is 1. The Balaban J connectivity index is 1.96. The zero-order valence-electron chi connectivity index (χ0n) is 13.4. The zero-order valence-corrected chi connectivity index (χ0v) is 15.7. The van der Waals surface area contributed by atoms with E-state index < -0.39 is 5.97 Å². The van der Waals surface area contributed by atoms with Crippen LogP contribution in [0.15, 0.2) is 47.2 Å². The molecule has 8 heteroatoms. The van der Waals surface area contributed by atoms with Gasteiger partial charge >= 0.3 is 5.97 Å². The van der Waals surface area contributed by atoms with Crippen molar-refractivity contribution in [2.45, 2.75) is 0 Å². The molecule has 0 spiro atoms. The Morgan fingerprint density at radius 3 is 2.76 bits per heavy atom. The van der Waals surface area contributed by atoms with Crippen LogP contribution < -0.4 is 4.90 Å². The van der Waals surface area contributed by atoms with Gasteiger partial charge in [-0.05, 0) is 46.3 Å². The Bertz CT molecular complexity index is 986. The second-order valence-corrected chi connectivity index (χ2v) is 6.52. The van der Waals surface area contributed by atoms with Crippen molar-refractivity contribution >= 4 is 50.6 Å². The molecule has 0 unspecified atom stereocenters. The van der Waals surface area contributed by atoms with E-state index in [1.807, 2.05) is 0 Å². The standard InChI is InChI=1S/C17H13BrClN3O3/c1-21(11-3-4-14(19)12(8-11)17(24)25-2)16(23)10-5-6-22-15(7-10)13(18)9-20-22/h3-9H,1-2H3. The van der Waals surface area contributed by atoms with Gasteiger partial charge in [-0.25, -0.2) is 9.31 Å². The molecule has 0 saturated carbocycles. The van der Waals surface area contributed by atoms with E-state index in [0.29, 0.717) is 11.3 Å². The van der Waals surface area contributed by atoms with Crippen LogP contribution in [0.4, 0.5) is 5.69 Å². The molecular weight excluding hydrogens is 410 g/mol. The SMILES string of the molecule is COC(=O)c1cc(N(C)C(=O)c2ccn3ncc(Br)c3c2)ccc1Cl. The number of halogens is 2. The average Bonchev–Trinajstić information content (AvgIpc) is 3.00. The summed E-state index contributed by atoms with van der Waals surface area (Å²) in [7, 11) is 2.90. The van der Waals surface area contributed by atoms with Crippen molar-refractivity contribution in [3.05, 3.63) is 63.3 Å². The first kappa shape index (κ1) is 17.4. The predicted octanol–water partition coefficient (Wildman–Crippen LogP) is 3.81. The Kier molecular flexibility index (Phi) is 4.78. The number of rotatable bonds is 3. The quantitative estimate of drug-likeness (QED) is 0.602. The molecule has 2 heterocycles. The summed E-state index contributed by atoms with van der Waals surface area (Å²) in [4.78, 5) is 26.0. The maximum absolute atomic E-state index is 12.8. The zero-order chi connectivity index (χ0) is 18.1. The fraction of sp³-hybridized carbons (Fsp3) is 0.118. The number of carbonyl (C=O) groups is 2. The van der Waals surface area contributed by atoms with Crippen molar-refractivity contribution in [3.8, 4) is 0 Å². The van der Waals surface area contributed by atoms with Gasteiger partial charge in [0.05, 0.1) is 33.9 Å². The molecule has 2 aromatic heterocycles. The van der Waals surface area contributed by atoms with Crippen LogP contribution in [0, 0.1) is 0 Å². The van der Waals surface area contributed by atoms with Gasteiger partial charge in [0.15, 0.2) is 0 Å². The van der Waals surface area contributed by atoms with Crippen molar-refractivity contribution in [2.75, 3.05) is 19.1 Å². The summed E-state index contributed by atoms with van der Waals surface area (Å²) in [6, 6.07) is 8.18. The van der Waals surface area contributed by atoms with E-state index in [1.54, 1.807) is 48.2 Å². The van der Waals surface area contributed by atoms with Gasteiger partial charge in [-0.15, -0.1) is 0 Å². The topological polar surface area (TPSA) is 63.9 Å². The van der Waals surface area contributed by atoms with Gasteiger partial charge in [-0.2, -0.15) is 5.10 Å². The third kappa shape index (κ3) is 3.25. The molecule has 0 bridgehead atoms. The molecule has 0 aliphatic rings. The van der Waals surface area contributed by atoms with Crippen molar-refractivity contribution in [3.63, 3.8) is 0 Å². The smallest absolute Gasteiger partial charge is 0.339 e. The van der Waals surface area contributed by atoms with Gasteiger partial charge < -0.3 is 9.64 Å². The van der Waals surface area contributed by atoms with E-state index in [4.69, 9.17) is 16.3 Å². The Morgan fingerprint density at radius 2 is 2.04 bits per heavy atom. The third-order valence-corrected chi connectivity index (χ3v) is 4.71. The molecule has 128 valence electrons. The fourth-order valence-corrected chi connectivity index (χ4v) is 2.97. The number of anilines is 1. The molecular formula is C17H13BrClN3O3. The molecule has 0 N–H and O–H groups in total. The molecule has 1 aromatic carbocycles. The normalized spacial score (nSPS) is 10.7. The molecule has 3 rings (SSSR count). The van der Waals surface area contributed by atoms with E-state index >= 15 is 0 Å². The highest BCUT2D eigenvalue weighted by atomic mass is 79.9. The van der Waals surface area contributed by atoms with Gasteiger partial charge in [-0.3, -0.25) is 4.79 Å².